The number of fused-ring (bicyclic) bond motifs is 1. The van der Waals surface area contributed by atoms with Gasteiger partial charge in [-0.15, -0.1) is 0 Å². The highest BCUT2D eigenvalue weighted by molar-refractivity contribution is 5.89. The zero-order valence-corrected chi connectivity index (χ0v) is 13.8. The SMILES string of the molecule is CCOC(=O)c1nn(C)c2c1CCN(C(=O)OC(C)(C)C)C2. The van der Waals surface area contributed by atoms with E-state index in [9.17, 15) is 9.59 Å². The molecule has 0 bridgehead atoms. The normalized spacial score (nSPS) is 14.5. The van der Waals surface area contributed by atoms with Crippen LogP contribution in [0.4, 0.5) is 4.79 Å². The number of nitrogens with zero attached hydrogens (tertiary/aromatic N) is 3. The summed E-state index contributed by atoms with van der Waals surface area (Å²) < 4.78 is 12.1. The molecule has 0 fully saturated rings. The minimum Gasteiger partial charge on any atom is -0.461 e. The van der Waals surface area contributed by atoms with Gasteiger partial charge < -0.3 is 14.4 Å². The van der Waals surface area contributed by atoms with E-state index in [1.807, 2.05) is 20.8 Å². The van der Waals surface area contributed by atoms with E-state index in [-0.39, 0.29) is 6.09 Å². The highest BCUT2D eigenvalue weighted by atomic mass is 16.6. The summed E-state index contributed by atoms with van der Waals surface area (Å²) >= 11 is 0. The molecule has 1 aromatic rings. The molecular weight excluding hydrogens is 286 g/mol. The number of amides is 1. The first-order valence-electron chi connectivity index (χ1n) is 7.42. The Morgan fingerprint density at radius 3 is 2.59 bits per heavy atom. The minimum atomic E-state index is -0.528. The van der Waals surface area contributed by atoms with E-state index in [1.165, 1.54) is 0 Å². The monoisotopic (exact) mass is 309 g/mol. The quantitative estimate of drug-likeness (QED) is 0.780. The van der Waals surface area contributed by atoms with Crippen molar-refractivity contribution in [1.29, 1.82) is 0 Å². The maximum atomic E-state index is 12.2. The van der Waals surface area contributed by atoms with Gasteiger partial charge >= 0.3 is 12.1 Å². The van der Waals surface area contributed by atoms with Crippen LogP contribution in [0.2, 0.25) is 0 Å². The molecule has 0 aromatic carbocycles. The number of aryl methyl sites for hydroxylation is 1. The average molecular weight is 309 g/mol. The van der Waals surface area contributed by atoms with Gasteiger partial charge in [-0.2, -0.15) is 5.10 Å². The van der Waals surface area contributed by atoms with Crippen molar-refractivity contribution in [3.8, 4) is 0 Å². The number of hydrogen-bond acceptors (Lipinski definition) is 5. The predicted molar refractivity (Wildman–Crippen MR) is 79.5 cm³/mol. The Balaban J connectivity index is 2.18. The van der Waals surface area contributed by atoms with Crippen LogP contribution in [0.15, 0.2) is 0 Å². The first-order valence-corrected chi connectivity index (χ1v) is 7.42. The standard InChI is InChI=1S/C15H23N3O4/c1-6-21-13(19)12-10-7-8-18(9-11(10)17(5)16-12)14(20)22-15(2,3)4/h6-9H2,1-5H3. The summed E-state index contributed by atoms with van der Waals surface area (Å²) in [6.45, 7) is 8.47. The summed E-state index contributed by atoms with van der Waals surface area (Å²) in [4.78, 5) is 25.7. The second kappa shape index (κ2) is 5.98. The number of aromatic nitrogens is 2. The van der Waals surface area contributed by atoms with Gasteiger partial charge in [0.05, 0.1) is 18.8 Å². The van der Waals surface area contributed by atoms with E-state index in [0.29, 0.717) is 31.8 Å². The van der Waals surface area contributed by atoms with Crippen LogP contribution in [0.1, 0.15) is 49.4 Å². The lowest BCUT2D eigenvalue weighted by Crippen LogP contribution is -2.40. The average Bonchev–Trinajstić information content (AvgIpc) is 2.74. The summed E-state index contributed by atoms with van der Waals surface area (Å²) in [5.41, 5.74) is 1.53. The van der Waals surface area contributed by atoms with Crippen LogP contribution in [0.5, 0.6) is 0 Å². The lowest BCUT2D eigenvalue weighted by atomic mass is 10.0. The van der Waals surface area contributed by atoms with E-state index in [2.05, 4.69) is 5.10 Å². The number of carbonyl (C=O) groups excluding carboxylic acids is 2. The third-order valence-corrected chi connectivity index (χ3v) is 3.37. The van der Waals surface area contributed by atoms with Gasteiger partial charge in [0.25, 0.3) is 0 Å². The first-order chi connectivity index (χ1) is 10.2. The second-order valence-electron chi connectivity index (χ2n) is 6.27. The van der Waals surface area contributed by atoms with Crippen molar-refractivity contribution in [3.05, 3.63) is 17.0 Å². The molecule has 7 nitrogen and oxygen atoms in total. The third-order valence-electron chi connectivity index (χ3n) is 3.37. The molecular formula is C15H23N3O4. The zero-order valence-electron chi connectivity index (χ0n) is 13.8. The molecule has 0 aliphatic carbocycles. The van der Waals surface area contributed by atoms with E-state index in [0.717, 1.165) is 11.3 Å². The van der Waals surface area contributed by atoms with Gasteiger partial charge in [-0.05, 0) is 34.1 Å². The second-order valence-corrected chi connectivity index (χ2v) is 6.27. The summed E-state index contributed by atoms with van der Waals surface area (Å²) in [6, 6.07) is 0. The van der Waals surface area contributed by atoms with Crippen LogP contribution in [0.3, 0.4) is 0 Å². The van der Waals surface area contributed by atoms with E-state index in [1.54, 1.807) is 23.6 Å². The Bertz CT molecular complexity index is 586. The molecule has 0 saturated carbocycles. The molecule has 1 aromatic heterocycles. The van der Waals surface area contributed by atoms with Gasteiger partial charge in [0.15, 0.2) is 5.69 Å². The number of esters is 1. The van der Waals surface area contributed by atoms with Crippen LogP contribution < -0.4 is 0 Å². The van der Waals surface area contributed by atoms with Crippen molar-refractivity contribution in [2.45, 2.75) is 46.3 Å². The smallest absolute Gasteiger partial charge is 0.410 e. The predicted octanol–water partition coefficient (Wildman–Crippen LogP) is 1.89. The summed E-state index contributed by atoms with van der Waals surface area (Å²) in [5.74, 6) is -0.412. The molecule has 0 spiro atoms. The molecule has 1 aliphatic rings. The maximum absolute atomic E-state index is 12.2. The fourth-order valence-electron chi connectivity index (χ4n) is 2.42. The third kappa shape index (κ3) is 3.40. The van der Waals surface area contributed by atoms with Crippen LogP contribution >= 0.6 is 0 Å². The molecule has 122 valence electrons. The molecule has 2 rings (SSSR count). The lowest BCUT2D eigenvalue weighted by Gasteiger charge is -2.30. The van der Waals surface area contributed by atoms with Gasteiger partial charge in [0.1, 0.15) is 5.60 Å². The minimum absolute atomic E-state index is 0.314. The van der Waals surface area contributed by atoms with Crippen LogP contribution in [-0.4, -0.2) is 45.5 Å². The van der Waals surface area contributed by atoms with Crippen LogP contribution in [0, 0.1) is 0 Å². The molecule has 0 saturated heterocycles. The van der Waals surface area contributed by atoms with Gasteiger partial charge in [-0.25, -0.2) is 9.59 Å². The fourth-order valence-corrected chi connectivity index (χ4v) is 2.42. The number of ether oxygens (including phenoxy) is 2. The zero-order chi connectivity index (χ0) is 16.5. The van der Waals surface area contributed by atoms with E-state index >= 15 is 0 Å². The molecule has 0 radical (unpaired) electrons. The Kier molecular flexibility index (Phi) is 4.44. The Morgan fingerprint density at radius 1 is 1.32 bits per heavy atom. The Hall–Kier alpha value is -2.05. The van der Waals surface area contributed by atoms with Gasteiger partial charge in [-0.1, -0.05) is 0 Å². The number of carbonyl (C=O) groups is 2. The number of rotatable bonds is 2. The molecule has 0 unspecified atom stereocenters. The summed E-state index contributed by atoms with van der Waals surface area (Å²) in [7, 11) is 1.76. The van der Waals surface area contributed by atoms with Crippen molar-refractivity contribution in [1.82, 2.24) is 14.7 Å². The summed E-state index contributed by atoms with van der Waals surface area (Å²) in [6.07, 6.45) is 0.216. The van der Waals surface area contributed by atoms with Crippen molar-refractivity contribution < 1.29 is 19.1 Å². The van der Waals surface area contributed by atoms with Crippen molar-refractivity contribution in [3.63, 3.8) is 0 Å². The van der Waals surface area contributed by atoms with Crippen molar-refractivity contribution >= 4 is 12.1 Å². The molecule has 22 heavy (non-hydrogen) atoms. The fraction of sp³-hybridized carbons (Fsp3) is 0.667. The van der Waals surface area contributed by atoms with Crippen LogP contribution in [0.25, 0.3) is 0 Å². The van der Waals surface area contributed by atoms with Crippen molar-refractivity contribution in [2.75, 3.05) is 13.2 Å². The van der Waals surface area contributed by atoms with E-state index in [4.69, 9.17) is 9.47 Å². The molecule has 0 atom stereocenters. The molecule has 1 amide bonds. The molecule has 1 aliphatic heterocycles. The first kappa shape index (κ1) is 16.3. The molecule has 7 heteroatoms. The number of hydrogen-bond donors (Lipinski definition) is 0. The Morgan fingerprint density at radius 2 is 2.00 bits per heavy atom. The van der Waals surface area contributed by atoms with Gasteiger partial charge in [0, 0.05) is 19.2 Å². The van der Waals surface area contributed by atoms with Crippen LogP contribution in [-0.2, 0) is 29.5 Å². The largest absolute Gasteiger partial charge is 0.461 e. The Labute approximate surface area is 130 Å². The lowest BCUT2D eigenvalue weighted by molar-refractivity contribution is 0.0219. The van der Waals surface area contributed by atoms with E-state index < -0.39 is 11.6 Å². The van der Waals surface area contributed by atoms with Gasteiger partial charge in [-0.3, -0.25) is 4.68 Å². The topological polar surface area (TPSA) is 73.7 Å². The summed E-state index contributed by atoms with van der Waals surface area (Å²) in [5, 5.41) is 4.24. The molecule has 0 N–H and O–H groups in total. The molecule has 2 heterocycles. The maximum Gasteiger partial charge on any atom is 0.410 e. The van der Waals surface area contributed by atoms with Gasteiger partial charge in [0.2, 0.25) is 0 Å². The van der Waals surface area contributed by atoms with Crippen molar-refractivity contribution in [2.24, 2.45) is 7.05 Å². The highest BCUT2D eigenvalue weighted by Crippen LogP contribution is 2.24. The highest BCUT2D eigenvalue weighted by Gasteiger charge is 2.31.